The van der Waals surface area contributed by atoms with Crippen LogP contribution < -0.4 is 5.32 Å². The van der Waals surface area contributed by atoms with Crippen LogP contribution >= 0.6 is 0 Å². The number of carbonyl (C=O) groups excluding carboxylic acids is 1. The van der Waals surface area contributed by atoms with Crippen LogP contribution in [0.3, 0.4) is 0 Å². The molecular weight excluding hydrogens is 302 g/mol. The molecule has 2 N–H and O–H groups in total. The highest BCUT2D eigenvalue weighted by molar-refractivity contribution is 5.83. The number of hydrogen-bond acceptors (Lipinski definition) is 5. The highest BCUT2D eigenvalue weighted by Crippen LogP contribution is 2.25. The van der Waals surface area contributed by atoms with Crippen molar-refractivity contribution in [3.8, 4) is 0 Å². The van der Waals surface area contributed by atoms with E-state index < -0.39 is 16.8 Å². The molecule has 0 aromatic heterocycles. The van der Waals surface area contributed by atoms with E-state index in [0.717, 1.165) is 0 Å². The van der Waals surface area contributed by atoms with Gasteiger partial charge in [0.2, 0.25) is 5.91 Å². The minimum Gasteiger partial charge on any atom is -0.481 e. The fourth-order valence-electron chi connectivity index (χ4n) is 2.88. The van der Waals surface area contributed by atoms with Gasteiger partial charge in [0, 0.05) is 18.7 Å². The van der Waals surface area contributed by atoms with E-state index in [4.69, 9.17) is 0 Å². The van der Waals surface area contributed by atoms with E-state index >= 15 is 0 Å². The fourth-order valence-corrected chi connectivity index (χ4v) is 2.88. The Balaban J connectivity index is 2.02. The molecule has 1 aliphatic rings. The molecule has 1 aliphatic heterocycles. The minimum atomic E-state index is -0.901. The summed E-state index contributed by atoms with van der Waals surface area (Å²) in [6, 6.07) is 5.70. The van der Waals surface area contributed by atoms with E-state index in [1.165, 1.54) is 17.0 Å². The molecule has 23 heavy (non-hydrogen) atoms. The lowest BCUT2D eigenvalue weighted by atomic mass is 9.90. The van der Waals surface area contributed by atoms with Crippen LogP contribution in [0.4, 0.5) is 11.4 Å². The zero-order valence-electron chi connectivity index (χ0n) is 12.8. The smallest absolute Gasteiger partial charge is 0.308 e. The Hall–Kier alpha value is -2.64. The Morgan fingerprint density at radius 2 is 2.13 bits per heavy atom. The summed E-state index contributed by atoms with van der Waals surface area (Å²) < 4.78 is 0. The number of carboxylic acids is 1. The molecule has 1 heterocycles. The number of aliphatic carboxylic acids is 1. The molecule has 0 saturated carbocycles. The summed E-state index contributed by atoms with van der Waals surface area (Å²) in [6.07, 6.45) is 1.19. The number of carbonyl (C=O) groups is 2. The van der Waals surface area contributed by atoms with Crippen LogP contribution in [-0.4, -0.2) is 45.9 Å². The first kappa shape index (κ1) is 16.7. The number of nitro benzene ring substituents is 1. The number of piperidine rings is 1. The maximum Gasteiger partial charge on any atom is 0.308 e. The number of nitrogens with zero attached hydrogens (tertiary/aromatic N) is 2. The molecule has 8 nitrogen and oxygen atoms in total. The molecule has 0 spiro atoms. The summed E-state index contributed by atoms with van der Waals surface area (Å²) >= 11 is 0. The standard InChI is InChI=1S/C15H19N3O5/c1-10-11(15(20)21)5-4-8-17(10)14(19)9-16-12-6-2-3-7-13(12)18(22)23/h2-3,6-7,10-11,16H,4-5,8-9H2,1H3,(H,20,21)/t10-,11-/m1/s1. The first-order valence-electron chi connectivity index (χ1n) is 7.41. The van der Waals surface area contributed by atoms with E-state index in [9.17, 15) is 24.8 Å². The average molecular weight is 321 g/mol. The predicted octanol–water partition coefficient (Wildman–Crippen LogP) is 1.72. The van der Waals surface area contributed by atoms with Crippen LogP contribution in [0.1, 0.15) is 19.8 Å². The molecule has 0 aliphatic carbocycles. The summed E-state index contributed by atoms with van der Waals surface area (Å²) in [6.45, 7) is 2.12. The monoisotopic (exact) mass is 321 g/mol. The zero-order chi connectivity index (χ0) is 17.0. The largest absolute Gasteiger partial charge is 0.481 e. The summed E-state index contributed by atoms with van der Waals surface area (Å²) in [5, 5.41) is 22.9. The van der Waals surface area contributed by atoms with Gasteiger partial charge in [-0.05, 0) is 25.8 Å². The molecule has 0 bridgehead atoms. The number of carboxylic acid groups (broad SMARTS) is 1. The van der Waals surface area contributed by atoms with Gasteiger partial charge in [0.25, 0.3) is 5.69 Å². The molecule has 8 heteroatoms. The van der Waals surface area contributed by atoms with Crippen molar-refractivity contribution in [3.63, 3.8) is 0 Å². The topological polar surface area (TPSA) is 113 Å². The molecule has 1 fully saturated rings. The molecule has 0 radical (unpaired) electrons. The molecule has 124 valence electrons. The molecule has 2 atom stereocenters. The summed E-state index contributed by atoms with van der Waals surface area (Å²) in [7, 11) is 0. The maximum atomic E-state index is 12.3. The van der Waals surface area contributed by atoms with Crippen molar-refractivity contribution in [2.24, 2.45) is 5.92 Å². The number of para-hydroxylation sites is 2. The highest BCUT2D eigenvalue weighted by atomic mass is 16.6. The number of nitro groups is 1. The normalized spacial score (nSPS) is 20.8. The molecule has 0 unspecified atom stereocenters. The van der Waals surface area contributed by atoms with E-state index in [-0.39, 0.29) is 29.9 Å². The first-order valence-corrected chi connectivity index (χ1v) is 7.41. The number of benzene rings is 1. The molecule has 1 aromatic rings. The van der Waals surface area contributed by atoms with Crippen molar-refractivity contribution in [2.45, 2.75) is 25.8 Å². The minimum absolute atomic E-state index is 0.101. The SMILES string of the molecule is C[C@@H]1[C@H](C(=O)O)CCCN1C(=O)CNc1ccccc1[N+](=O)[O-]. The lowest BCUT2D eigenvalue weighted by molar-refractivity contribution is -0.383. The van der Waals surface area contributed by atoms with Crippen molar-refractivity contribution >= 4 is 23.3 Å². The van der Waals surface area contributed by atoms with Gasteiger partial charge in [0.15, 0.2) is 0 Å². The number of amides is 1. The van der Waals surface area contributed by atoms with Gasteiger partial charge in [-0.25, -0.2) is 0 Å². The molecular formula is C15H19N3O5. The van der Waals surface area contributed by atoms with Gasteiger partial charge in [-0.2, -0.15) is 0 Å². The third-order valence-corrected chi connectivity index (χ3v) is 4.16. The highest BCUT2D eigenvalue weighted by Gasteiger charge is 2.35. The van der Waals surface area contributed by atoms with Crippen LogP contribution in [0.15, 0.2) is 24.3 Å². The van der Waals surface area contributed by atoms with E-state index in [1.54, 1.807) is 19.1 Å². The number of likely N-dealkylation sites (tertiary alicyclic amines) is 1. The molecule has 2 rings (SSSR count). The Morgan fingerprint density at radius 1 is 1.43 bits per heavy atom. The third-order valence-electron chi connectivity index (χ3n) is 4.16. The molecule has 1 saturated heterocycles. The lowest BCUT2D eigenvalue weighted by Gasteiger charge is -2.37. The van der Waals surface area contributed by atoms with Crippen LogP contribution in [0, 0.1) is 16.0 Å². The van der Waals surface area contributed by atoms with Gasteiger partial charge in [-0.1, -0.05) is 12.1 Å². The predicted molar refractivity (Wildman–Crippen MR) is 83.1 cm³/mol. The van der Waals surface area contributed by atoms with Gasteiger partial charge < -0.3 is 15.3 Å². The summed E-state index contributed by atoms with van der Waals surface area (Å²) in [4.78, 5) is 35.5. The zero-order valence-corrected chi connectivity index (χ0v) is 12.8. The molecule has 1 amide bonds. The second-order valence-electron chi connectivity index (χ2n) is 5.54. The van der Waals surface area contributed by atoms with Crippen molar-refractivity contribution in [1.82, 2.24) is 4.90 Å². The Kier molecular flexibility index (Phi) is 5.15. The van der Waals surface area contributed by atoms with Crippen LogP contribution in [0.2, 0.25) is 0 Å². The van der Waals surface area contributed by atoms with Crippen molar-refractivity contribution < 1.29 is 19.6 Å². The van der Waals surface area contributed by atoms with Gasteiger partial charge in [0.05, 0.1) is 17.4 Å². The van der Waals surface area contributed by atoms with Crippen LogP contribution in [0.25, 0.3) is 0 Å². The van der Waals surface area contributed by atoms with E-state index in [0.29, 0.717) is 19.4 Å². The molecule has 1 aromatic carbocycles. The number of rotatable bonds is 5. The average Bonchev–Trinajstić information content (AvgIpc) is 2.52. The van der Waals surface area contributed by atoms with Gasteiger partial charge in [-0.15, -0.1) is 0 Å². The van der Waals surface area contributed by atoms with E-state index in [2.05, 4.69) is 5.32 Å². The Labute approximate surface area is 133 Å². The summed E-state index contributed by atoms with van der Waals surface area (Å²) in [5.74, 6) is -1.73. The Bertz CT molecular complexity index is 619. The van der Waals surface area contributed by atoms with Gasteiger partial charge in [0.1, 0.15) is 5.69 Å². The van der Waals surface area contributed by atoms with Gasteiger partial charge in [-0.3, -0.25) is 19.7 Å². The number of nitrogens with one attached hydrogen (secondary N) is 1. The summed E-state index contributed by atoms with van der Waals surface area (Å²) in [5.41, 5.74) is 0.167. The second-order valence-corrected chi connectivity index (χ2v) is 5.54. The Morgan fingerprint density at radius 3 is 2.78 bits per heavy atom. The van der Waals surface area contributed by atoms with Crippen LogP contribution in [0.5, 0.6) is 0 Å². The number of anilines is 1. The second kappa shape index (κ2) is 7.08. The third kappa shape index (κ3) is 3.77. The maximum absolute atomic E-state index is 12.3. The fraction of sp³-hybridized carbons (Fsp3) is 0.467. The van der Waals surface area contributed by atoms with Crippen molar-refractivity contribution in [3.05, 3.63) is 34.4 Å². The van der Waals surface area contributed by atoms with E-state index in [1.807, 2.05) is 0 Å². The van der Waals surface area contributed by atoms with Crippen molar-refractivity contribution in [2.75, 3.05) is 18.4 Å². The quantitative estimate of drug-likeness (QED) is 0.630. The number of hydrogen-bond donors (Lipinski definition) is 2. The van der Waals surface area contributed by atoms with Crippen molar-refractivity contribution in [1.29, 1.82) is 0 Å². The lowest BCUT2D eigenvalue weighted by Crippen LogP contribution is -2.50. The van der Waals surface area contributed by atoms with Crippen LogP contribution in [-0.2, 0) is 9.59 Å². The van der Waals surface area contributed by atoms with Gasteiger partial charge >= 0.3 is 5.97 Å². The first-order chi connectivity index (χ1) is 10.9.